The van der Waals surface area contributed by atoms with Crippen molar-refractivity contribution in [3.63, 3.8) is 0 Å². The summed E-state index contributed by atoms with van der Waals surface area (Å²) in [5.74, 6) is 0.614. The lowest BCUT2D eigenvalue weighted by Crippen LogP contribution is -2.31. The highest BCUT2D eigenvalue weighted by Crippen LogP contribution is 2.25. The normalized spacial score (nSPS) is 11.7. The van der Waals surface area contributed by atoms with Gasteiger partial charge in [0.15, 0.2) is 0 Å². The SMILES string of the molecule is CC(C)COc1nc(N(C)CC(F)(F)F)ccc1N. The third kappa shape index (κ3) is 5.23. The van der Waals surface area contributed by atoms with Gasteiger partial charge in [0.2, 0.25) is 5.88 Å². The molecule has 0 amide bonds. The summed E-state index contributed by atoms with van der Waals surface area (Å²) < 4.78 is 42.3. The standard InChI is InChI=1S/C12H18F3N3O/c1-8(2)6-19-11-9(16)4-5-10(17-11)18(3)7-12(13,14)15/h4-5,8H,6-7,16H2,1-3H3. The Labute approximate surface area is 110 Å². The van der Waals surface area contributed by atoms with E-state index >= 15 is 0 Å². The zero-order chi connectivity index (χ0) is 14.6. The third-order valence-electron chi connectivity index (χ3n) is 2.24. The molecule has 0 spiro atoms. The number of nitrogens with zero attached hydrogens (tertiary/aromatic N) is 2. The lowest BCUT2D eigenvalue weighted by Gasteiger charge is -2.21. The van der Waals surface area contributed by atoms with Crippen molar-refractivity contribution in [1.82, 2.24) is 4.98 Å². The quantitative estimate of drug-likeness (QED) is 0.899. The van der Waals surface area contributed by atoms with E-state index in [0.29, 0.717) is 12.3 Å². The van der Waals surface area contributed by atoms with Gasteiger partial charge in [-0.2, -0.15) is 18.2 Å². The van der Waals surface area contributed by atoms with Gasteiger partial charge in [0.25, 0.3) is 0 Å². The van der Waals surface area contributed by atoms with Gasteiger partial charge < -0.3 is 15.4 Å². The molecule has 0 aliphatic rings. The number of nitrogens with two attached hydrogens (primary N) is 1. The number of pyridine rings is 1. The molecule has 0 aromatic carbocycles. The average molecular weight is 277 g/mol. The molecule has 0 radical (unpaired) electrons. The maximum Gasteiger partial charge on any atom is 0.405 e. The molecule has 0 fully saturated rings. The molecule has 0 aliphatic heterocycles. The van der Waals surface area contributed by atoms with Crippen molar-refractivity contribution in [2.45, 2.75) is 20.0 Å². The fraction of sp³-hybridized carbons (Fsp3) is 0.583. The van der Waals surface area contributed by atoms with Crippen LogP contribution in [-0.2, 0) is 0 Å². The van der Waals surface area contributed by atoms with Gasteiger partial charge >= 0.3 is 6.18 Å². The second-order valence-corrected chi connectivity index (χ2v) is 4.74. The monoisotopic (exact) mass is 277 g/mol. The molecule has 1 heterocycles. The second-order valence-electron chi connectivity index (χ2n) is 4.74. The van der Waals surface area contributed by atoms with Crippen LogP contribution in [0.25, 0.3) is 0 Å². The van der Waals surface area contributed by atoms with E-state index in [2.05, 4.69) is 4.98 Å². The number of rotatable bonds is 5. The Morgan fingerprint density at radius 2 is 2.00 bits per heavy atom. The first-order valence-electron chi connectivity index (χ1n) is 5.86. The van der Waals surface area contributed by atoms with Gasteiger partial charge in [-0.15, -0.1) is 0 Å². The van der Waals surface area contributed by atoms with Crippen LogP contribution in [0, 0.1) is 5.92 Å². The van der Waals surface area contributed by atoms with Crippen molar-refractivity contribution in [3.05, 3.63) is 12.1 Å². The number of halogens is 3. The van der Waals surface area contributed by atoms with E-state index in [-0.39, 0.29) is 17.6 Å². The van der Waals surface area contributed by atoms with Crippen LogP contribution in [0.4, 0.5) is 24.7 Å². The lowest BCUT2D eigenvalue weighted by atomic mass is 10.2. The van der Waals surface area contributed by atoms with Gasteiger partial charge in [0, 0.05) is 7.05 Å². The summed E-state index contributed by atoms with van der Waals surface area (Å²) in [7, 11) is 1.32. The van der Waals surface area contributed by atoms with Crippen molar-refractivity contribution < 1.29 is 17.9 Å². The molecular formula is C12H18F3N3O. The Morgan fingerprint density at radius 3 is 2.53 bits per heavy atom. The van der Waals surface area contributed by atoms with Crippen molar-refractivity contribution in [2.24, 2.45) is 5.92 Å². The Balaban J connectivity index is 2.83. The largest absolute Gasteiger partial charge is 0.476 e. The number of anilines is 2. The van der Waals surface area contributed by atoms with Crippen molar-refractivity contribution in [3.8, 4) is 5.88 Å². The molecule has 0 bridgehead atoms. The van der Waals surface area contributed by atoms with E-state index < -0.39 is 12.7 Å². The van der Waals surface area contributed by atoms with Crippen molar-refractivity contribution in [1.29, 1.82) is 0 Å². The van der Waals surface area contributed by atoms with Crippen LogP contribution in [0.3, 0.4) is 0 Å². The van der Waals surface area contributed by atoms with E-state index in [1.807, 2.05) is 13.8 Å². The fourth-order valence-corrected chi connectivity index (χ4v) is 1.37. The molecule has 2 N–H and O–H groups in total. The summed E-state index contributed by atoms with van der Waals surface area (Å²) in [6, 6.07) is 2.92. The Kier molecular flexibility index (Phi) is 4.85. The molecule has 0 atom stereocenters. The summed E-state index contributed by atoms with van der Waals surface area (Å²) >= 11 is 0. The zero-order valence-corrected chi connectivity index (χ0v) is 11.2. The molecule has 0 unspecified atom stereocenters. The van der Waals surface area contributed by atoms with Crippen LogP contribution >= 0.6 is 0 Å². The van der Waals surface area contributed by atoms with Gasteiger partial charge in [-0.1, -0.05) is 13.8 Å². The van der Waals surface area contributed by atoms with Crippen molar-refractivity contribution >= 4 is 11.5 Å². The zero-order valence-electron chi connectivity index (χ0n) is 11.2. The molecule has 108 valence electrons. The number of hydrogen-bond acceptors (Lipinski definition) is 4. The molecule has 19 heavy (non-hydrogen) atoms. The predicted octanol–water partition coefficient (Wildman–Crippen LogP) is 2.70. The van der Waals surface area contributed by atoms with Gasteiger partial charge in [-0.25, -0.2) is 0 Å². The van der Waals surface area contributed by atoms with Crippen LogP contribution in [0.1, 0.15) is 13.8 Å². The van der Waals surface area contributed by atoms with Crippen LogP contribution in [-0.4, -0.2) is 31.4 Å². The Bertz CT molecular complexity index is 421. The second kappa shape index (κ2) is 5.99. The highest BCUT2D eigenvalue weighted by molar-refractivity contribution is 5.54. The van der Waals surface area contributed by atoms with E-state index in [4.69, 9.17) is 10.5 Å². The van der Waals surface area contributed by atoms with Gasteiger partial charge in [0.05, 0.1) is 12.3 Å². The first kappa shape index (κ1) is 15.4. The van der Waals surface area contributed by atoms with Gasteiger partial charge in [-0.05, 0) is 18.1 Å². The number of aromatic nitrogens is 1. The summed E-state index contributed by atoms with van der Waals surface area (Å²) in [6.45, 7) is 3.24. The van der Waals surface area contributed by atoms with E-state index in [1.54, 1.807) is 0 Å². The molecule has 7 heteroatoms. The van der Waals surface area contributed by atoms with E-state index in [0.717, 1.165) is 4.90 Å². The topological polar surface area (TPSA) is 51.4 Å². The Morgan fingerprint density at radius 1 is 1.37 bits per heavy atom. The molecule has 0 saturated heterocycles. The lowest BCUT2D eigenvalue weighted by molar-refractivity contribution is -0.119. The minimum Gasteiger partial charge on any atom is -0.476 e. The minimum absolute atomic E-state index is 0.167. The predicted molar refractivity (Wildman–Crippen MR) is 68.3 cm³/mol. The summed E-state index contributed by atoms with van der Waals surface area (Å²) in [5, 5.41) is 0. The highest BCUT2D eigenvalue weighted by atomic mass is 19.4. The van der Waals surface area contributed by atoms with Crippen LogP contribution in [0.2, 0.25) is 0 Å². The van der Waals surface area contributed by atoms with Crippen LogP contribution in [0.15, 0.2) is 12.1 Å². The first-order chi connectivity index (χ1) is 8.69. The molecule has 0 saturated carbocycles. The van der Waals surface area contributed by atoms with Crippen LogP contribution < -0.4 is 15.4 Å². The summed E-state index contributed by atoms with van der Waals surface area (Å²) in [5.41, 5.74) is 5.98. The number of alkyl halides is 3. The third-order valence-corrected chi connectivity index (χ3v) is 2.24. The summed E-state index contributed by atoms with van der Waals surface area (Å²) in [4.78, 5) is 5.01. The molecular weight excluding hydrogens is 259 g/mol. The maximum atomic E-state index is 12.3. The fourth-order valence-electron chi connectivity index (χ4n) is 1.37. The Hall–Kier alpha value is -1.66. The van der Waals surface area contributed by atoms with Crippen molar-refractivity contribution in [2.75, 3.05) is 30.8 Å². The number of ether oxygens (including phenoxy) is 1. The maximum absolute atomic E-state index is 12.3. The summed E-state index contributed by atoms with van der Waals surface area (Å²) in [6.07, 6.45) is -4.28. The molecule has 0 aliphatic carbocycles. The smallest absolute Gasteiger partial charge is 0.405 e. The van der Waals surface area contributed by atoms with Gasteiger partial charge in [0.1, 0.15) is 12.4 Å². The van der Waals surface area contributed by atoms with Gasteiger partial charge in [-0.3, -0.25) is 0 Å². The highest BCUT2D eigenvalue weighted by Gasteiger charge is 2.30. The van der Waals surface area contributed by atoms with E-state index in [9.17, 15) is 13.2 Å². The molecule has 4 nitrogen and oxygen atoms in total. The molecule has 1 rings (SSSR count). The molecule has 1 aromatic rings. The number of hydrogen-bond donors (Lipinski definition) is 1. The van der Waals surface area contributed by atoms with E-state index in [1.165, 1.54) is 19.2 Å². The average Bonchev–Trinajstić information content (AvgIpc) is 2.25. The molecule has 1 aromatic heterocycles. The minimum atomic E-state index is -4.28. The first-order valence-corrected chi connectivity index (χ1v) is 5.86. The van der Waals surface area contributed by atoms with Crippen LogP contribution in [0.5, 0.6) is 5.88 Å². The number of nitrogen functional groups attached to an aromatic ring is 1.